The van der Waals surface area contributed by atoms with E-state index in [2.05, 4.69) is 20.2 Å². The van der Waals surface area contributed by atoms with Crippen molar-refractivity contribution in [1.29, 1.82) is 0 Å². The molecule has 2 aromatic heterocycles. The van der Waals surface area contributed by atoms with E-state index >= 15 is 0 Å². The second-order valence-electron chi connectivity index (χ2n) is 3.89. The standard InChI is InChI=1S/C12H10N4O/c1-7-2-4-8(5-3-7)9-10-11(14-6-13-10)12(17)16-15-9/h2-6H,1H3,(H,13,14)(H,16,17). The Hall–Kier alpha value is -2.43. The van der Waals surface area contributed by atoms with E-state index in [-0.39, 0.29) is 5.56 Å². The molecule has 0 fully saturated rings. The minimum Gasteiger partial charge on any atom is -0.340 e. The lowest BCUT2D eigenvalue weighted by Crippen LogP contribution is -2.09. The Morgan fingerprint density at radius 2 is 1.94 bits per heavy atom. The molecule has 1 aromatic carbocycles. The highest BCUT2D eigenvalue weighted by Gasteiger charge is 2.10. The summed E-state index contributed by atoms with van der Waals surface area (Å²) < 4.78 is 0. The molecule has 84 valence electrons. The van der Waals surface area contributed by atoms with E-state index in [1.54, 1.807) is 0 Å². The van der Waals surface area contributed by atoms with E-state index < -0.39 is 0 Å². The lowest BCUT2D eigenvalue weighted by molar-refractivity contribution is 1.01. The molecular formula is C12H10N4O. The van der Waals surface area contributed by atoms with Crippen LogP contribution in [0.4, 0.5) is 0 Å². The first-order valence-electron chi connectivity index (χ1n) is 5.24. The summed E-state index contributed by atoms with van der Waals surface area (Å²) in [7, 11) is 0. The molecule has 5 heteroatoms. The Balaban J connectivity index is 2.31. The van der Waals surface area contributed by atoms with Crippen molar-refractivity contribution in [1.82, 2.24) is 20.2 Å². The highest BCUT2D eigenvalue weighted by atomic mass is 16.1. The number of aromatic nitrogens is 4. The summed E-state index contributed by atoms with van der Waals surface area (Å²) in [5, 5.41) is 6.52. The van der Waals surface area contributed by atoms with Crippen LogP contribution in [0.3, 0.4) is 0 Å². The molecule has 0 aliphatic rings. The Morgan fingerprint density at radius 3 is 2.71 bits per heavy atom. The molecule has 0 saturated heterocycles. The van der Waals surface area contributed by atoms with Gasteiger partial charge < -0.3 is 4.98 Å². The fraction of sp³-hybridized carbons (Fsp3) is 0.0833. The Morgan fingerprint density at radius 1 is 1.18 bits per heavy atom. The van der Waals surface area contributed by atoms with Crippen molar-refractivity contribution in [3.63, 3.8) is 0 Å². The van der Waals surface area contributed by atoms with Crippen molar-refractivity contribution in [2.75, 3.05) is 0 Å². The highest BCUT2D eigenvalue weighted by Crippen LogP contribution is 2.21. The van der Waals surface area contributed by atoms with Gasteiger partial charge in [0.1, 0.15) is 16.7 Å². The van der Waals surface area contributed by atoms with Crippen LogP contribution in [-0.2, 0) is 0 Å². The molecule has 3 aromatic rings. The zero-order chi connectivity index (χ0) is 11.8. The van der Waals surface area contributed by atoms with Crippen molar-refractivity contribution in [3.05, 3.63) is 46.5 Å². The van der Waals surface area contributed by atoms with Gasteiger partial charge in [0, 0.05) is 5.56 Å². The quantitative estimate of drug-likeness (QED) is 0.662. The minimum atomic E-state index is -0.256. The Labute approximate surface area is 96.5 Å². The number of aryl methyl sites for hydroxylation is 1. The van der Waals surface area contributed by atoms with Crippen molar-refractivity contribution in [2.24, 2.45) is 0 Å². The number of hydrogen-bond acceptors (Lipinski definition) is 3. The van der Waals surface area contributed by atoms with E-state index in [4.69, 9.17) is 0 Å². The zero-order valence-electron chi connectivity index (χ0n) is 9.19. The minimum absolute atomic E-state index is 0.256. The van der Waals surface area contributed by atoms with E-state index in [1.807, 2.05) is 31.2 Å². The predicted octanol–water partition coefficient (Wildman–Crippen LogP) is 1.62. The van der Waals surface area contributed by atoms with Gasteiger partial charge in [0.05, 0.1) is 6.33 Å². The largest absolute Gasteiger partial charge is 0.340 e. The molecule has 0 bridgehead atoms. The molecule has 0 spiro atoms. The van der Waals surface area contributed by atoms with E-state index in [1.165, 1.54) is 11.9 Å². The number of benzene rings is 1. The van der Waals surface area contributed by atoms with Crippen LogP contribution in [0.2, 0.25) is 0 Å². The third-order valence-electron chi connectivity index (χ3n) is 2.68. The third-order valence-corrected chi connectivity index (χ3v) is 2.68. The van der Waals surface area contributed by atoms with Crippen LogP contribution in [-0.4, -0.2) is 20.2 Å². The van der Waals surface area contributed by atoms with Gasteiger partial charge in [-0.25, -0.2) is 10.1 Å². The molecule has 0 atom stereocenters. The smallest absolute Gasteiger partial charge is 0.290 e. The fourth-order valence-electron chi connectivity index (χ4n) is 1.78. The second kappa shape index (κ2) is 3.55. The summed E-state index contributed by atoms with van der Waals surface area (Å²) >= 11 is 0. The van der Waals surface area contributed by atoms with Crippen LogP contribution >= 0.6 is 0 Å². The molecule has 0 saturated carbocycles. The maximum atomic E-state index is 11.5. The zero-order valence-corrected chi connectivity index (χ0v) is 9.19. The average Bonchev–Trinajstić information content (AvgIpc) is 2.81. The molecule has 2 N–H and O–H groups in total. The molecule has 17 heavy (non-hydrogen) atoms. The normalized spacial score (nSPS) is 10.9. The second-order valence-corrected chi connectivity index (χ2v) is 3.89. The van der Waals surface area contributed by atoms with Crippen LogP contribution in [0.1, 0.15) is 5.56 Å². The highest BCUT2D eigenvalue weighted by molar-refractivity contribution is 5.88. The number of nitrogens with zero attached hydrogens (tertiary/aromatic N) is 2. The summed E-state index contributed by atoms with van der Waals surface area (Å²) in [6, 6.07) is 7.93. The van der Waals surface area contributed by atoms with Gasteiger partial charge >= 0.3 is 0 Å². The third kappa shape index (κ3) is 1.52. The van der Waals surface area contributed by atoms with Gasteiger partial charge in [-0.2, -0.15) is 5.10 Å². The van der Waals surface area contributed by atoms with Gasteiger partial charge in [-0.05, 0) is 6.92 Å². The van der Waals surface area contributed by atoms with E-state index in [9.17, 15) is 4.79 Å². The molecule has 3 rings (SSSR count). The van der Waals surface area contributed by atoms with Gasteiger partial charge in [0.2, 0.25) is 0 Å². The Kier molecular flexibility index (Phi) is 2.04. The van der Waals surface area contributed by atoms with Crippen molar-refractivity contribution < 1.29 is 0 Å². The number of hydrogen-bond donors (Lipinski definition) is 2. The average molecular weight is 226 g/mol. The number of imidazole rings is 1. The van der Waals surface area contributed by atoms with E-state index in [0.29, 0.717) is 16.7 Å². The molecule has 0 radical (unpaired) electrons. The lowest BCUT2D eigenvalue weighted by Gasteiger charge is -2.01. The SMILES string of the molecule is Cc1ccc(-c2n[nH]c(=O)c3[nH]cnc23)cc1. The molecule has 0 amide bonds. The topological polar surface area (TPSA) is 74.4 Å². The summed E-state index contributed by atoms with van der Waals surface area (Å²) in [4.78, 5) is 18.4. The Bertz CT molecular complexity index is 724. The summed E-state index contributed by atoms with van der Waals surface area (Å²) in [5.74, 6) is 0. The van der Waals surface area contributed by atoms with Crippen molar-refractivity contribution in [3.8, 4) is 11.3 Å². The van der Waals surface area contributed by atoms with E-state index in [0.717, 1.165) is 5.56 Å². The van der Waals surface area contributed by atoms with Gasteiger partial charge in [-0.3, -0.25) is 4.79 Å². The van der Waals surface area contributed by atoms with Crippen LogP contribution in [0, 0.1) is 6.92 Å². The fourth-order valence-corrected chi connectivity index (χ4v) is 1.78. The molecular weight excluding hydrogens is 216 g/mol. The van der Waals surface area contributed by atoms with Crippen LogP contribution < -0.4 is 5.56 Å². The molecule has 0 unspecified atom stereocenters. The number of nitrogens with one attached hydrogen (secondary N) is 2. The predicted molar refractivity (Wildman–Crippen MR) is 64.7 cm³/mol. The monoisotopic (exact) mass is 226 g/mol. The summed E-state index contributed by atoms with van der Waals surface area (Å²) in [6.07, 6.45) is 1.50. The van der Waals surface area contributed by atoms with Gasteiger partial charge in [-0.15, -0.1) is 0 Å². The summed E-state index contributed by atoms with van der Waals surface area (Å²) in [6.45, 7) is 2.02. The lowest BCUT2D eigenvalue weighted by atomic mass is 10.1. The van der Waals surface area contributed by atoms with Crippen LogP contribution in [0.15, 0.2) is 35.4 Å². The maximum absolute atomic E-state index is 11.5. The maximum Gasteiger partial charge on any atom is 0.290 e. The molecule has 0 aliphatic heterocycles. The van der Waals surface area contributed by atoms with Crippen LogP contribution in [0.25, 0.3) is 22.3 Å². The van der Waals surface area contributed by atoms with Gasteiger partial charge in [-0.1, -0.05) is 29.8 Å². The number of rotatable bonds is 1. The van der Waals surface area contributed by atoms with Crippen molar-refractivity contribution >= 4 is 11.0 Å². The van der Waals surface area contributed by atoms with Gasteiger partial charge in [0.25, 0.3) is 5.56 Å². The number of H-pyrrole nitrogens is 2. The molecule has 5 nitrogen and oxygen atoms in total. The number of aromatic amines is 2. The first-order valence-corrected chi connectivity index (χ1v) is 5.24. The van der Waals surface area contributed by atoms with Gasteiger partial charge in [0.15, 0.2) is 0 Å². The van der Waals surface area contributed by atoms with Crippen molar-refractivity contribution in [2.45, 2.75) is 6.92 Å². The first-order chi connectivity index (χ1) is 8.25. The summed E-state index contributed by atoms with van der Waals surface area (Å²) in [5.41, 5.74) is 3.59. The first kappa shape index (κ1) is 9.77. The molecule has 0 aliphatic carbocycles. The number of fused-ring (bicyclic) bond motifs is 1. The molecule has 2 heterocycles. The van der Waals surface area contributed by atoms with Crippen LogP contribution in [0.5, 0.6) is 0 Å².